The van der Waals surface area contributed by atoms with Crippen molar-refractivity contribution in [2.75, 3.05) is 18.4 Å². The number of urea groups is 1. The van der Waals surface area contributed by atoms with Crippen molar-refractivity contribution in [3.8, 4) is 6.07 Å². The molecule has 1 aromatic carbocycles. The minimum Gasteiger partial charge on any atom is -0.383 e. The molecule has 0 heterocycles. The van der Waals surface area contributed by atoms with E-state index in [2.05, 4.69) is 11.4 Å². The molecule has 3 N–H and O–H groups in total. The van der Waals surface area contributed by atoms with Crippen LogP contribution in [0.1, 0.15) is 50.5 Å². The molecular formula is C19H26N4O2. The van der Waals surface area contributed by atoms with Gasteiger partial charge in [-0.25, -0.2) is 4.79 Å². The number of nitrogens with one attached hydrogen (secondary N) is 1. The van der Waals surface area contributed by atoms with E-state index in [-0.39, 0.29) is 12.5 Å². The molecule has 1 aliphatic rings. The number of nitrogens with zero attached hydrogens (tertiary/aromatic N) is 2. The SMILES string of the molecule is N#Cc1cccc(NCCN(C(N)=O)C(=O)CCC2CCCCC2)c1. The first-order valence-electron chi connectivity index (χ1n) is 8.94. The third kappa shape index (κ3) is 6.11. The lowest BCUT2D eigenvalue weighted by molar-refractivity contribution is -0.128. The Balaban J connectivity index is 1.79. The smallest absolute Gasteiger partial charge is 0.321 e. The summed E-state index contributed by atoms with van der Waals surface area (Å²) in [5.74, 6) is 0.393. The van der Waals surface area contributed by atoms with Gasteiger partial charge < -0.3 is 11.1 Å². The minimum absolute atomic E-state index is 0.203. The predicted molar refractivity (Wildman–Crippen MR) is 96.8 cm³/mol. The molecule has 2 rings (SSSR count). The number of primary amides is 1. The number of benzene rings is 1. The average Bonchev–Trinajstić information content (AvgIpc) is 2.64. The number of hydrogen-bond acceptors (Lipinski definition) is 4. The molecular weight excluding hydrogens is 316 g/mol. The highest BCUT2D eigenvalue weighted by Gasteiger charge is 2.21. The summed E-state index contributed by atoms with van der Waals surface area (Å²) in [7, 11) is 0. The van der Waals surface area contributed by atoms with Gasteiger partial charge in [0.15, 0.2) is 0 Å². The molecule has 1 fully saturated rings. The molecule has 0 radical (unpaired) electrons. The third-order valence-corrected chi connectivity index (χ3v) is 4.71. The zero-order valence-corrected chi connectivity index (χ0v) is 14.5. The molecule has 25 heavy (non-hydrogen) atoms. The van der Waals surface area contributed by atoms with Gasteiger partial charge in [0.1, 0.15) is 0 Å². The Kier molecular flexibility index (Phi) is 7.27. The Morgan fingerprint density at radius 2 is 2.04 bits per heavy atom. The zero-order valence-electron chi connectivity index (χ0n) is 14.5. The van der Waals surface area contributed by atoms with Crippen LogP contribution >= 0.6 is 0 Å². The summed E-state index contributed by atoms with van der Waals surface area (Å²) in [5, 5.41) is 12.0. The molecule has 0 aromatic heterocycles. The molecule has 6 heteroatoms. The summed E-state index contributed by atoms with van der Waals surface area (Å²) >= 11 is 0. The standard InChI is InChI=1S/C19H26N4O2/c20-14-16-7-4-8-17(13-16)22-11-12-23(19(21)25)18(24)10-9-15-5-2-1-3-6-15/h4,7-8,13,15,22H,1-3,5-6,9-12H2,(H2,21,25). The Labute approximate surface area is 149 Å². The number of hydrogen-bond donors (Lipinski definition) is 2. The van der Waals surface area contributed by atoms with Crippen molar-refractivity contribution in [1.82, 2.24) is 4.90 Å². The van der Waals surface area contributed by atoms with Gasteiger partial charge in [-0.3, -0.25) is 9.69 Å². The van der Waals surface area contributed by atoms with Crippen LogP contribution in [0.15, 0.2) is 24.3 Å². The van der Waals surface area contributed by atoms with Crippen molar-refractivity contribution < 1.29 is 9.59 Å². The summed E-state index contributed by atoms with van der Waals surface area (Å²) in [6, 6.07) is 8.42. The van der Waals surface area contributed by atoms with Crippen molar-refractivity contribution in [3.05, 3.63) is 29.8 Å². The minimum atomic E-state index is -0.707. The van der Waals surface area contributed by atoms with Gasteiger partial charge in [-0.05, 0) is 30.5 Å². The fraction of sp³-hybridized carbons (Fsp3) is 0.526. The van der Waals surface area contributed by atoms with E-state index in [0.717, 1.165) is 17.0 Å². The number of nitrogens with two attached hydrogens (primary N) is 1. The van der Waals surface area contributed by atoms with E-state index in [1.54, 1.807) is 18.2 Å². The Morgan fingerprint density at radius 3 is 2.72 bits per heavy atom. The monoisotopic (exact) mass is 342 g/mol. The van der Waals surface area contributed by atoms with Crippen LogP contribution in [0.2, 0.25) is 0 Å². The molecule has 1 aromatic rings. The van der Waals surface area contributed by atoms with Crippen LogP contribution in [-0.2, 0) is 4.79 Å². The maximum absolute atomic E-state index is 12.3. The van der Waals surface area contributed by atoms with Crippen LogP contribution in [0.4, 0.5) is 10.5 Å². The third-order valence-electron chi connectivity index (χ3n) is 4.71. The van der Waals surface area contributed by atoms with Crippen molar-refractivity contribution >= 4 is 17.6 Å². The Bertz CT molecular complexity index is 633. The van der Waals surface area contributed by atoms with Crippen LogP contribution in [0, 0.1) is 17.2 Å². The summed E-state index contributed by atoms with van der Waals surface area (Å²) in [5.41, 5.74) is 6.70. The fourth-order valence-corrected chi connectivity index (χ4v) is 3.31. The lowest BCUT2D eigenvalue weighted by atomic mass is 9.86. The van der Waals surface area contributed by atoms with Gasteiger partial charge >= 0.3 is 6.03 Å². The van der Waals surface area contributed by atoms with Crippen LogP contribution in [0.5, 0.6) is 0 Å². The fourth-order valence-electron chi connectivity index (χ4n) is 3.31. The largest absolute Gasteiger partial charge is 0.383 e. The highest BCUT2D eigenvalue weighted by Crippen LogP contribution is 2.27. The van der Waals surface area contributed by atoms with Crippen molar-refractivity contribution in [1.29, 1.82) is 5.26 Å². The van der Waals surface area contributed by atoms with E-state index in [1.807, 2.05) is 6.07 Å². The number of nitriles is 1. The van der Waals surface area contributed by atoms with Crippen molar-refractivity contribution in [2.24, 2.45) is 11.7 Å². The van der Waals surface area contributed by atoms with E-state index in [1.165, 1.54) is 32.1 Å². The molecule has 0 saturated heterocycles. The molecule has 1 aliphatic carbocycles. The lowest BCUT2D eigenvalue weighted by Gasteiger charge is -2.23. The van der Waals surface area contributed by atoms with E-state index in [0.29, 0.717) is 24.4 Å². The first kappa shape index (κ1) is 18.8. The van der Waals surface area contributed by atoms with Gasteiger partial charge in [0, 0.05) is 25.2 Å². The molecule has 1 saturated carbocycles. The van der Waals surface area contributed by atoms with E-state index >= 15 is 0 Å². The lowest BCUT2D eigenvalue weighted by Crippen LogP contribution is -2.43. The van der Waals surface area contributed by atoms with Crippen LogP contribution < -0.4 is 11.1 Å². The van der Waals surface area contributed by atoms with Gasteiger partial charge in [-0.1, -0.05) is 38.2 Å². The van der Waals surface area contributed by atoms with E-state index in [9.17, 15) is 9.59 Å². The highest BCUT2D eigenvalue weighted by atomic mass is 16.2. The number of carbonyl (C=O) groups excluding carboxylic acids is 2. The quantitative estimate of drug-likeness (QED) is 0.794. The second kappa shape index (κ2) is 9.67. The molecule has 0 aliphatic heterocycles. The summed E-state index contributed by atoms with van der Waals surface area (Å²) in [6.45, 7) is 0.614. The first-order valence-corrected chi connectivity index (χ1v) is 8.94. The van der Waals surface area contributed by atoms with Crippen molar-refractivity contribution in [3.63, 3.8) is 0 Å². The number of anilines is 1. The highest BCUT2D eigenvalue weighted by molar-refractivity contribution is 5.93. The first-order chi connectivity index (χ1) is 12.1. The van der Waals surface area contributed by atoms with Gasteiger partial charge in [0.05, 0.1) is 11.6 Å². The number of carbonyl (C=O) groups is 2. The normalized spacial score (nSPS) is 14.5. The summed E-state index contributed by atoms with van der Waals surface area (Å²) in [6.07, 6.45) is 7.34. The summed E-state index contributed by atoms with van der Waals surface area (Å²) < 4.78 is 0. The van der Waals surface area contributed by atoms with Gasteiger partial charge in [-0.15, -0.1) is 0 Å². The van der Waals surface area contributed by atoms with Gasteiger partial charge in [0.2, 0.25) is 5.91 Å². The predicted octanol–water partition coefficient (Wildman–Crippen LogP) is 3.24. The topological polar surface area (TPSA) is 99.2 Å². The van der Waals surface area contributed by atoms with Crippen molar-refractivity contribution in [2.45, 2.75) is 44.9 Å². The van der Waals surface area contributed by atoms with Crippen LogP contribution in [0.3, 0.4) is 0 Å². The molecule has 0 bridgehead atoms. The number of amides is 3. The Morgan fingerprint density at radius 1 is 1.28 bits per heavy atom. The maximum atomic E-state index is 12.3. The molecule has 0 spiro atoms. The molecule has 3 amide bonds. The number of imide groups is 1. The van der Waals surface area contributed by atoms with E-state index in [4.69, 9.17) is 11.0 Å². The van der Waals surface area contributed by atoms with Gasteiger partial charge in [-0.2, -0.15) is 5.26 Å². The van der Waals surface area contributed by atoms with Crippen LogP contribution in [-0.4, -0.2) is 29.9 Å². The molecule has 6 nitrogen and oxygen atoms in total. The van der Waals surface area contributed by atoms with E-state index < -0.39 is 6.03 Å². The summed E-state index contributed by atoms with van der Waals surface area (Å²) in [4.78, 5) is 25.0. The van der Waals surface area contributed by atoms with Gasteiger partial charge in [0.25, 0.3) is 0 Å². The van der Waals surface area contributed by atoms with Crippen LogP contribution in [0.25, 0.3) is 0 Å². The second-order valence-corrected chi connectivity index (χ2v) is 6.55. The average molecular weight is 342 g/mol. The molecule has 0 atom stereocenters. The Hall–Kier alpha value is -2.55. The molecule has 134 valence electrons. The number of rotatable bonds is 7. The maximum Gasteiger partial charge on any atom is 0.321 e. The zero-order chi connectivity index (χ0) is 18.1. The second-order valence-electron chi connectivity index (χ2n) is 6.55. The molecule has 0 unspecified atom stereocenters.